The number of thioether (sulfide) groups is 1. The minimum Gasteiger partial charge on any atom is -0.493 e. The lowest BCUT2D eigenvalue weighted by Gasteiger charge is -2.23. The van der Waals surface area contributed by atoms with Crippen molar-refractivity contribution in [2.24, 2.45) is 0 Å². The van der Waals surface area contributed by atoms with Crippen LogP contribution < -0.4 is 9.47 Å². The Morgan fingerprint density at radius 1 is 1.09 bits per heavy atom. The van der Waals surface area contributed by atoms with Crippen molar-refractivity contribution in [2.75, 3.05) is 13.7 Å². The van der Waals surface area contributed by atoms with Gasteiger partial charge >= 0.3 is 5.97 Å². The topological polar surface area (TPSA) is 76.1 Å². The molecular formula is C27H31NO5S2. The summed E-state index contributed by atoms with van der Waals surface area (Å²) in [5.74, 6) is -0.338. The number of thiocarbonyl (C=S) groups is 1. The molecule has 1 aliphatic rings. The average Bonchev–Trinajstić information content (AvgIpc) is 3.12. The molecule has 0 saturated carbocycles. The summed E-state index contributed by atoms with van der Waals surface area (Å²) < 4.78 is 11.6. The van der Waals surface area contributed by atoms with E-state index in [4.69, 9.17) is 21.7 Å². The first kappa shape index (κ1) is 26.8. The fraction of sp³-hybridized carbons (Fsp3) is 0.370. The van der Waals surface area contributed by atoms with Crippen LogP contribution in [0.3, 0.4) is 0 Å². The predicted molar refractivity (Wildman–Crippen MR) is 144 cm³/mol. The molecule has 0 spiro atoms. The Labute approximate surface area is 216 Å². The first-order valence-electron chi connectivity index (χ1n) is 11.8. The van der Waals surface area contributed by atoms with Gasteiger partial charge in [-0.2, -0.15) is 0 Å². The molecule has 1 heterocycles. The van der Waals surface area contributed by atoms with E-state index in [-0.39, 0.29) is 4.32 Å². The van der Waals surface area contributed by atoms with Crippen molar-refractivity contribution in [3.05, 3.63) is 64.6 Å². The van der Waals surface area contributed by atoms with Gasteiger partial charge in [-0.25, -0.2) is 4.79 Å². The van der Waals surface area contributed by atoms with E-state index in [0.29, 0.717) is 28.6 Å². The molecule has 0 bridgehead atoms. The van der Waals surface area contributed by atoms with Crippen LogP contribution in [0.2, 0.25) is 0 Å². The number of benzene rings is 2. The molecule has 1 aliphatic heterocycles. The SMILES string of the molecule is CCCCCCCCOc1ccc(/C=C2/SC(=S)N([C@@H](C(=O)O)c3ccccc3)C2=O)cc1OC. The van der Waals surface area contributed by atoms with Gasteiger partial charge in [0.1, 0.15) is 4.32 Å². The van der Waals surface area contributed by atoms with Gasteiger partial charge in [-0.3, -0.25) is 9.69 Å². The maximum atomic E-state index is 13.2. The number of hydrogen-bond acceptors (Lipinski definition) is 6. The zero-order valence-corrected chi connectivity index (χ0v) is 21.7. The standard InChI is InChI=1S/C27H31NO5S2/c1-3-4-5-6-7-11-16-33-21-15-14-19(17-22(21)32-2)18-23-25(29)28(27(34)35-23)24(26(30)31)20-12-9-8-10-13-20/h8-10,12-15,17-18,24H,3-7,11,16H2,1-2H3,(H,30,31)/b23-18+/t24-/m1/s1. The third kappa shape index (κ3) is 7.08. The van der Waals surface area contributed by atoms with Crippen LogP contribution in [0, 0.1) is 0 Å². The molecule has 1 saturated heterocycles. The first-order chi connectivity index (χ1) is 17.0. The molecule has 1 N–H and O–H groups in total. The van der Waals surface area contributed by atoms with Gasteiger partial charge in [-0.1, -0.05) is 99.4 Å². The maximum Gasteiger partial charge on any atom is 0.331 e. The molecule has 8 heteroatoms. The number of hydrogen-bond donors (Lipinski definition) is 1. The monoisotopic (exact) mass is 513 g/mol. The fourth-order valence-corrected chi connectivity index (χ4v) is 5.16. The highest BCUT2D eigenvalue weighted by Crippen LogP contribution is 2.39. The summed E-state index contributed by atoms with van der Waals surface area (Å²) in [6.07, 6.45) is 8.82. The normalized spacial score (nSPS) is 15.5. The van der Waals surface area contributed by atoms with E-state index >= 15 is 0 Å². The minimum absolute atomic E-state index is 0.211. The number of carboxylic acids is 1. The number of carbonyl (C=O) groups is 2. The van der Waals surface area contributed by atoms with Crippen LogP contribution in [0.1, 0.15) is 62.6 Å². The van der Waals surface area contributed by atoms with Gasteiger partial charge in [0.2, 0.25) is 0 Å². The summed E-state index contributed by atoms with van der Waals surface area (Å²) in [6.45, 7) is 2.83. The van der Waals surface area contributed by atoms with Gasteiger partial charge in [0.05, 0.1) is 18.6 Å². The summed E-state index contributed by atoms with van der Waals surface area (Å²) in [7, 11) is 1.58. The largest absolute Gasteiger partial charge is 0.493 e. The van der Waals surface area contributed by atoms with Crippen molar-refractivity contribution < 1.29 is 24.2 Å². The van der Waals surface area contributed by atoms with E-state index in [1.165, 1.54) is 30.6 Å². The summed E-state index contributed by atoms with van der Waals surface area (Å²) in [5.41, 5.74) is 1.23. The van der Waals surface area contributed by atoms with Gasteiger partial charge in [0.15, 0.2) is 17.5 Å². The van der Waals surface area contributed by atoms with Crippen LogP contribution >= 0.6 is 24.0 Å². The minimum atomic E-state index is -1.18. The lowest BCUT2D eigenvalue weighted by Crippen LogP contribution is -2.37. The van der Waals surface area contributed by atoms with E-state index < -0.39 is 17.9 Å². The van der Waals surface area contributed by atoms with E-state index in [2.05, 4.69) is 6.92 Å². The zero-order chi connectivity index (χ0) is 25.2. The Bertz CT molecular complexity index is 1070. The molecule has 0 aliphatic carbocycles. The summed E-state index contributed by atoms with van der Waals surface area (Å²) in [4.78, 5) is 26.7. The van der Waals surface area contributed by atoms with Gasteiger partial charge in [0, 0.05) is 0 Å². The Balaban J connectivity index is 1.70. The molecule has 0 unspecified atom stereocenters. The molecule has 6 nitrogen and oxygen atoms in total. The van der Waals surface area contributed by atoms with Crippen molar-refractivity contribution in [2.45, 2.75) is 51.5 Å². The number of ether oxygens (including phenoxy) is 2. The Morgan fingerprint density at radius 2 is 1.80 bits per heavy atom. The Hall–Kier alpha value is -2.84. The van der Waals surface area contributed by atoms with Crippen LogP contribution in [0.15, 0.2) is 53.4 Å². The van der Waals surface area contributed by atoms with Crippen LogP contribution in [0.25, 0.3) is 6.08 Å². The van der Waals surface area contributed by atoms with E-state index in [0.717, 1.165) is 30.2 Å². The lowest BCUT2D eigenvalue weighted by molar-refractivity contribution is -0.145. The summed E-state index contributed by atoms with van der Waals surface area (Å²) >= 11 is 6.48. The third-order valence-electron chi connectivity index (χ3n) is 5.67. The molecule has 1 atom stereocenters. The summed E-state index contributed by atoms with van der Waals surface area (Å²) in [5, 5.41) is 9.83. The number of aliphatic carboxylic acids is 1. The molecule has 3 rings (SSSR count). The van der Waals surface area contributed by atoms with Crippen LogP contribution in [0.5, 0.6) is 11.5 Å². The molecular weight excluding hydrogens is 482 g/mol. The van der Waals surface area contributed by atoms with Crippen molar-refractivity contribution in [3.8, 4) is 11.5 Å². The second-order valence-corrected chi connectivity index (χ2v) is 9.91. The van der Waals surface area contributed by atoms with Crippen molar-refractivity contribution >= 4 is 46.3 Å². The highest BCUT2D eigenvalue weighted by atomic mass is 32.2. The number of methoxy groups -OCH3 is 1. The lowest BCUT2D eigenvalue weighted by atomic mass is 10.1. The molecule has 2 aromatic carbocycles. The quantitative estimate of drug-likeness (QED) is 0.187. The third-order valence-corrected chi connectivity index (χ3v) is 7.00. The molecule has 0 aromatic heterocycles. The van der Waals surface area contributed by atoms with Crippen molar-refractivity contribution in [3.63, 3.8) is 0 Å². The second-order valence-electron chi connectivity index (χ2n) is 8.23. The Morgan fingerprint density at radius 3 is 2.49 bits per heavy atom. The highest BCUT2D eigenvalue weighted by Gasteiger charge is 2.41. The fourth-order valence-electron chi connectivity index (χ4n) is 3.85. The van der Waals surface area contributed by atoms with E-state index in [1.54, 1.807) is 49.6 Å². The highest BCUT2D eigenvalue weighted by molar-refractivity contribution is 8.26. The van der Waals surface area contributed by atoms with Crippen molar-refractivity contribution in [1.82, 2.24) is 4.90 Å². The second kappa shape index (κ2) is 13.3. The predicted octanol–water partition coefficient (Wildman–Crippen LogP) is 6.46. The number of carboxylic acid groups (broad SMARTS) is 1. The average molecular weight is 514 g/mol. The molecule has 1 fully saturated rings. The molecule has 1 amide bonds. The van der Waals surface area contributed by atoms with Gasteiger partial charge in [0.25, 0.3) is 5.91 Å². The van der Waals surface area contributed by atoms with Crippen LogP contribution in [-0.2, 0) is 9.59 Å². The molecule has 35 heavy (non-hydrogen) atoms. The number of nitrogens with zero attached hydrogens (tertiary/aromatic N) is 1. The van der Waals surface area contributed by atoms with E-state index in [9.17, 15) is 14.7 Å². The van der Waals surface area contributed by atoms with Crippen LogP contribution in [0.4, 0.5) is 0 Å². The zero-order valence-electron chi connectivity index (χ0n) is 20.1. The van der Waals surface area contributed by atoms with Gasteiger partial charge < -0.3 is 14.6 Å². The molecule has 186 valence electrons. The number of rotatable bonds is 13. The molecule has 0 radical (unpaired) electrons. The smallest absolute Gasteiger partial charge is 0.331 e. The van der Waals surface area contributed by atoms with Crippen LogP contribution in [-0.4, -0.2) is 39.9 Å². The van der Waals surface area contributed by atoms with Gasteiger partial charge in [-0.05, 0) is 35.8 Å². The maximum absolute atomic E-state index is 13.2. The number of amides is 1. The van der Waals surface area contributed by atoms with E-state index in [1.807, 2.05) is 12.1 Å². The number of unbranched alkanes of at least 4 members (excludes halogenated alkanes) is 5. The van der Waals surface area contributed by atoms with Crippen molar-refractivity contribution in [1.29, 1.82) is 0 Å². The Kier molecular flexibility index (Phi) is 10.2. The first-order valence-corrected chi connectivity index (χ1v) is 13.0. The summed E-state index contributed by atoms with van der Waals surface area (Å²) in [6, 6.07) is 12.9. The van der Waals surface area contributed by atoms with Gasteiger partial charge in [-0.15, -0.1) is 0 Å². The number of carbonyl (C=O) groups excluding carboxylic acids is 1. The molecule has 2 aromatic rings.